The van der Waals surface area contributed by atoms with E-state index in [0.29, 0.717) is 5.76 Å². The molecule has 0 unspecified atom stereocenters. The van der Waals surface area contributed by atoms with Gasteiger partial charge in [-0.1, -0.05) is 49.3 Å². The fraction of sp³-hybridized carbons (Fsp3) is 0.308. The van der Waals surface area contributed by atoms with Crippen LogP contribution in [0.25, 0.3) is 5.76 Å². The van der Waals surface area contributed by atoms with Crippen molar-refractivity contribution in [3.63, 3.8) is 0 Å². The van der Waals surface area contributed by atoms with Crippen LogP contribution in [0.2, 0.25) is 0 Å². The molecule has 0 fully saturated rings. The Morgan fingerprint density at radius 1 is 1.50 bits per heavy atom. The van der Waals surface area contributed by atoms with E-state index in [-0.39, 0.29) is 6.61 Å². The molecule has 3 nitrogen and oxygen atoms in total. The van der Waals surface area contributed by atoms with E-state index < -0.39 is 0 Å². The molecule has 0 aromatic heterocycles. The highest BCUT2D eigenvalue weighted by atomic mass is 16.6. The van der Waals surface area contributed by atoms with Crippen LogP contribution in [0.15, 0.2) is 36.0 Å². The molecule has 16 heavy (non-hydrogen) atoms. The summed E-state index contributed by atoms with van der Waals surface area (Å²) in [4.78, 5) is 4.94. The van der Waals surface area contributed by atoms with Gasteiger partial charge in [-0.05, 0) is 13.0 Å². The van der Waals surface area contributed by atoms with Crippen LogP contribution in [0.5, 0.6) is 0 Å². The molecule has 0 saturated heterocycles. The van der Waals surface area contributed by atoms with Crippen molar-refractivity contribution in [3.05, 3.63) is 42.0 Å². The number of oxime groups is 1. The highest BCUT2D eigenvalue weighted by molar-refractivity contribution is 5.60. The van der Waals surface area contributed by atoms with Crippen LogP contribution in [0.1, 0.15) is 25.0 Å². The molecule has 1 aromatic rings. The lowest BCUT2D eigenvalue weighted by Gasteiger charge is -2.03. The molecule has 1 rings (SSSR count). The largest absolute Gasteiger partial charge is 0.391 e. The minimum Gasteiger partial charge on any atom is -0.391 e. The number of nitrogens with zero attached hydrogens (tertiary/aromatic N) is 1. The maximum Gasteiger partial charge on any atom is 0.158 e. The Labute approximate surface area is 97.1 Å². The lowest BCUT2D eigenvalue weighted by Crippen LogP contribution is -1.88. The predicted octanol–water partition coefficient (Wildman–Crippen LogP) is 2.99. The summed E-state index contributed by atoms with van der Waals surface area (Å²) >= 11 is 0. The topological polar surface area (TPSA) is 41.8 Å². The first-order valence-electron chi connectivity index (χ1n) is 5.29. The summed E-state index contributed by atoms with van der Waals surface area (Å²) in [6.07, 6.45) is 1.26. The van der Waals surface area contributed by atoms with E-state index in [4.69, 9.17) is 9.94 Å². The van der Waals surface area contributed by atoms with E-state index in [1.165, 1.54) is 6.21 Å². The molecule has 88 valence electrons. The standard InChI is InChI=1S/C11H13NO2.C2H6/c1-9-4-3-5-11(8-9)10(2)14-12-6-7-13;1-2/h3-6,8,13H,2,7H2,1H3;1-2H3/b12-6+;. The molecule has 0 amide bonds. The van der Waals surface area contributed by atoms with Gasteiger partial charge >= 0.3 is 0 Å². The minimum absolute atomic E-state index is 0.138. The van der Waals surface area contributed by atoms with Crippen molar-refractivity contribution in [2.24, 2.45) is 5.16 Å². The zero-order chi connectivity index (χ0) is 12.4. The second-order valence-corrected chi connectivity index (χ2v) is 2.85. The third kappa shape index (κ3) is 5.32. The second-order valence-electron chi connectivity index (χ2n) is 2.85. The van der Waals surface area contributed by atoms with Crippen molar-refractivity contribution in [1.82, 2.24) is 0 Å². The summed E-state index contributed by atoms with van der Waals surface area (Å²) in [5.41, 5.74) is 2.03. The highest BCUT2D eigenvalue weighted by Gasteiger charge is 1.98. The monoisotopic (exact) mass is 221 g/mol. The summed E-state index contributed by atoms with van der Waals surface area (Å²) in [6.45, 7) is 9.58. The van der Waals surface area contributed by atoms with Crippen LogP contribution in [-0.2, 0) is 4.84 Å². The van der Waals surface area contributed by atoms with E-state index in [1.807, 2.05) is 45.0 Å². The van der Waals surface area contributed by atoms with E-state index >= 15 is 0 Å². The first-order valence-corrected chi connectivity index (χ1v) is 5.29. The fourth-order valence-corrected chi connectivity index (χ4v) is 1.01. The number of benzene rings is 1. The van der Waals surface area contributed by atoms with Crippen LogP contribution in [-0.4, -0.2) is 17.9 Å². The van der Waals surface area contributed by atoms with Gasteiger partial charge in [-0.25, -0.2) is 0 Å². The molecule has 0 aliphatic rings. The quantitative estimate of drug-likeness (QED) is 0.482. The van der Waals surface area contributed by atoms with Gasteiger partial charge in [0.1, 0.15) is 0 Å². The van der Waals surface area contributed by atoms with Crippen LogP contribution in [0.3, 0.4) is 0 Å². The second kappa shape index (κ2) is 8.68. The van der Waals surface area contributed by atoms with Gasteiger partial charge in [0.05, 0.1) is 12.8 Å². The third-order valence-electron chi connectivity index (χ3n) is 1.66. The number of aryl methyl sites for hydroxylation is 1. The van der Waals surface area contributed by atoms with E-state index in [1.54, 1.807) is 0 Å². The van der Waals surface area contributed by atoms with Crippen LogP contribution in [0, 0.1) is 6.92 Å². The number of rotatable bonds is 4. The van der Waals surface area contributed by atoms with E-state index in [9.17, 15) is 0 Å². The molecule has 0 bridgehead atoms. The maximum atomic E-state index is 8.43. The Bertz CT molecular complexity index is 346. The molecular formula is C13H19NO2. The van der Waals surface area contributed by atoms with Crippen molar-refractivity contribution in [1.29, 1.82) is 0 Å². The van der Waals surface area contributed by atoms with Crippen LogP contribution in [0.4, 0.5) is 0 Å². The molecule has 0 aliphatic carbocycles. The van der Waals surface area contributed by atoms with Crippen molar-refractivity contribution in [3.8, 4) is 0 Å². The number of aliphatic hydroxyl groups is 1. The normalized spacial score (nSPS) is 9.50. The Kier molecular flexibility index (Phi) is 7.81. The summed E-state index contributed by atoms with van der Waals surface area (Å²) in [5, 5.41) is 12.0. The summed E-state index contributed by atoms with van der Waals surface area (Å²) in [7, 11) is 0. The SMILES string of the molecule is C=C(O/N=C/CO)c1cccc(C)c1.CC. The Hall–Kier alpha value is -1.61. The Balaban J connectivity index is 0.00000106. The van der Waals surface area contributed by atoms with Crippen LogP contribution < -0.4 is 0 Å². The highest BCUT2D eigenvalue weighted by Crippen LogP contribution is 2.14. The van der Waals surface area contributed by atoms with E-state index in [0.717, 1.165) is 11.1 Å². The number of hydrogen-bond donors (Lipinski definition) is 1. The third-order valence-corrected chi connectivity index (χ3v) is 1.66. The molecule has 1 N–H and O–H groups in total. The van der Waals surface area contributed by atoms with Gasteiger partial charge in [-0.3, -0.25) is 0 Å². The molecule has 0 atom stereocenters. The van der Waals surface area contributed by atoms with Crippen LogP contribution >= 0.6 is 0 Å². The fourth-order valence-electron chi connectivity index (χ4n) is 1.01. The van der Waals surface area contributed by atoms with Gasteiger partial charge in [0.2, 0.25) is 0 Å². The molecule has 0 aliphatic heterocycles. The Morgan fingerprint density at radius 2 is 2.19 bits per heavy atom. The average molecular weight is 221 g/mol. The Morgan fingerprint density at radius 3 is 2.75 bits per heavy atom. The van der Waals surface area contributed by atoms with Crippen molar-refractivity contribution in [2.45, 2.75) is 20.8 Å². The number of hydrogen-bond acceptors (Lipinski definition) is 3. The summed E-state index contributed by atoms with van der Waals surface area (Å²) < 4.78 is 0. The zero-order valence-electron chi connectivity index (χ0n) is 10.1. The van der Waals surface area contributed by atoms with Crippen molar-refractivity contribution in [2.75, 3.05) is 6.61 Å². The van der Waals surface area contributed by atoms with Crippen molar-refractivity contribution >= 4 is 12.0 Å². The van der Waals surface area contributed by atoms with Gasteiger partial charge in [0.15, 0.2) is 5.76 Å². The average Bonchev–Trinajstić information content (AvgIpc) is 2.32. The summed E-state index contributed by atoms with van der Waals surface area (Å²) in [5.74, 6) is 0.471. The van der Waals surface area contributed by atoms with Gasteiger partial charge in [-0.15, -0.1) is 0 Å². The molecule has 0 heterocycles. The molecule has 3 heteroatoms. The van der Waals surface area contributed by atoms with Crippen molar-refractivity contribution < 1.29 is 9.94 Å². The maximum absolute atomic E-state index is 8.43. The molecular weight excluding hydrogens is 202 g/mol. The van der Waals surface area contributed by atoms with Gasteiger partial charge in [0, 0.05) is 5.56 Å². The van der Waals surface area contributed by atoms with Gasteiger partial charge in [-0.2, -0.15) is 0 Å². The van der Waals surface area contributed by atoms with Gasteiger partial charge < -0.3 is 9.94 Å². The molecule has 0 radical (unpaired) electrons. The lowest BCUT2D eigenvalue weighted by molar-refractivity contribution is 0.292. The van der Waals surface area contributed by atoms with E-state index in [2.05, 4.69) is 11.7 Å². The molecule has 1 aromatic carbocycles. The number of aliphatic hydroxyl groups excluding tert-OH is 1. The molecule has 0 spiro atoms. The first-order chi connectivity index (χ1) is 7.74. The van der Waals surface area contributed by atoms with Gasteiger partial charge in [0.25, 0.3) is 0 Å². The summed E-state index contributed by atoms with van der Waals surface area (Å²) in [6, 6.07) is 7.77. The predicted molar refractivity (Wildman–Crippen MR) is 68.2 cm³/mol. The lowest BCUT2D eigenvalue weighted by atomic mass is 10.1. The zero-order valence-corrected chi connectivity index (χ0v) is 10.1. The smallest absolute Gasteiger partial charge is 0.158 e. The minimum atomic E-state index is -0.138. The first kappa shape index (κ1) is 14.4. The molecule has 0 saturated carbocycles.